The van der Waals surface area contributed by atoms with E-state index in [9.17, 15) is 5.11 Å². The van der Waals surface area contributed by atoms with Crippen molar-refractivity contribution in [1.29, 1.82) is 0 Å². The van der Waals surface area contributed by atoms with E-state index in [0.717, 1.165) is 42.2 Å². The fraction of sp³-hybridized carbons (Fsp3) is 0.423. The molecule has 0 aliphatic carbocycles. The minimum absolute atomic E-state index is 0.0198. The number of likely N-dealkylation sites (tertiary alicyclic amines) is 1. The lowest BCUT2D eigenvalue weighted by molar-refractivity contribution is 0.204. The minimum atomic E-state index is -0.0198. The number of hydrogen-bond donors (Lipinski definition) is 2. The van der Waals surface area contributed by atoms with E-state index in [2.05, 4.69) is 46.6 Å². The molecule has 2 aliphatic rings. The molecule has 164 valence electrons. The van der Waals surface area contributed by atoms with Crippen LogP contribution in [0.15, 0.2) is 65.3 Å². The highest BCUT2D eigenvalue weighted by Crippen LogP contribution is 2.41. The molecule has 1 fully saturated rings. The maximum Gasteiger partial charge on any atom is 0.130 e. The monoisotopic (exact) mass is 419 g/mol. The van der Waals surface area contributed by atoms with Gasteiger partial charge in [-0.15, -0.1) is 0 Å². The lowest BCUT2D eigenvalue weighted by Crippen LogP contribution is -2.40. The minimum Gasteiger partial charge on any atom is -0.507 e. The molecular weight excluding hydrogens is 386 g/mol. The van der Waals surface area contributed by atoms with Gasteiger partial charge in [0.1, 0.15) is 18.1 Å². The third kappa shape index (κ3) is 4.77. The number of aliphatic hydroxyl groups excluding tert-OH is 1. The summed E-state index contributed by atoms with van der Waals surface area (Å²) in [6.07, 6.45) is 3.80. The summed E-state index contributed by atoms with van der Waals surface area (Å²) in [7, 11) is 1.84. The van der Waals surface area contributed by atoms with Crippen molar-refractivity contribution in [2.45, 2.75) is 32.1 Å². The van der Waals surface area contributed by atoms with Gasteiger partial charge >= 0.3 is 0 Å². The Morgan fingerprint density at radius 2 is 1.77 bits per heavy atom. The summed E-state index contributed by atoms with van der Waals surface area (Å²) in [6.45, 7) is 5.63. The Morgan fingerprint density at radius 1 is 1.06 bits per heavy atom. The van der Waals surface area contributed by atoms with Crippen molar-refractivity contribution >= 4 is 11.5 Å². The SMILES string of the molecule is CN/N=C(/C)[C@@H](CN1CCCCC1)[C@H](C1=C(O)c2ccccc2OC1)c1ccccc1. The van der Waals surface area contributed by atoms with Gasteiger partial charge in [0.25, 0.3) is 0 Å². The molecule has 5 heteroatoms. The molecule has 1 saturated heterocycles. The second-order valence-electron chi connectivity index (χ2n) is 8.49. The predicted octanol–water partition coefficient (Wildman–Crippen LogP) is 4.83. The molecular formula is C26H33N3O2. The van der Waals surface area contributed by atoms with Gasteiger partial charge in [0.2, 0.25) is 0 Å². The van der Waals surface area contributed by atoms with Crippen LogP contribution in [0.25, 0.3) is 5.76 Å². The molecule has 4 rings (SSSR count). The van der Waals surface area contributed by atoms with E-state index < -0.39 is 0 Å². The molecule has 31 heavy (non-hydrogen) atoms. The first kappa shape index (κ1) is 21.4. The zero-order chi connectivity index (χ0) is 21.6. The lowest BCUT2D eigenvalue weighted by atomic mass is 9.76. The first-order valence-corrected chi connectivity index (χ1v) is 11.3. The van der Waals surface area contributed by atoms with Crippen molar-refractivity contribution < 1.29 is 9.84 Å². The topological polar surface area (TPSA) is 57.1 Å². The largest absolute Gasteiger partial charge is 0.507 e. The molecule has 0 aromatic heterocycles. The van der Waals surface area contributed by atoms with Crippen LogP contribution in [-0.2, 0) is 0 Å². The molecule has 0 saturated carbocycles. The van der Waals surface area contributed by atoms with Crippen LogP contribution in [0, 0.1) is 5.92 Å². The fourth-order valence-corrected chi connectivity index (χ4v) is 4.92. The normalized spacial score (nSPS) is 19.4. The molecule has 0 amide bonds. The van der Waals surface area contributed by atoms with Crippen LogP contribution in [0.5, 0.6) is 5.75 Å². The van der Waals surface area contributed by atoms with Crippen molar-refractivity contribution in [1.82, 2.24) is 10.3 Å². The molecule has 0 bridgehead atoms. The Kier molecular flexibility index (Phi) is 6.92. The Bertz CT molecular complexity index is 933. The van der Waals surface area contributed by atoms with E-state index in [1.165, 1.54) is 24.8 Å². The summed E-state index contributed by atoms with van der Waals surface area (Å²) in [6, 6.07) is 18.2. The standard InChI is InChI=1S/C26H33N3O2/c1-19(28-27-2)22(17-29-15-9-4-10-16-29)25(20-11-5-3-6-12-20)23-18-31-24-14-8-7-13-21(24)26(23)30/h3,5-8,11-14,22,25,27,30H,4,9-10,15-18H2,1-2H3/b28-19-/t22-,25-/m1/s1. The lowest BCUT2D eigenvalue weighted by Gasteiger charge is -2.37. The Labute approximate surface area is 185 Å². The van der Waals surface area contributed by atoms with Gasteiger partial charge in [0, 0.05) is 36.7 Å². The Balaban J connectivity index is 1.80. The fourth-order valence-electron chi connectivity index (χ4n) is 4.92. The number of nitrogens with one attached hydrogen (secondary N) is 1. The van der Waals surface area contributed by atoms with Gasteiger partial charge in [-0.2, -0.15) is 5.10 Å². The van der Waals surface area contributed by atoms with Crippen LogP contribution >= 0.6 is 0 Å². The van der Waals surface area contributed by atoms with Gasteiger partial charge in [-0.25, -0.2) is 0 Å². The van der Waals surface area contributed by atoms with Crippen LogP contribution in [0.4, 0.5) is 0 Å². The molecule has 0 spiro atoms. The van der Waals surface area contributed by atoms with Gasteiger partial charge in [-0.05, 0) is 50.6 Å². The number of rotatable bonds is 7. The summed E-state index contributed by atoms with van der Waals surface area (Å²) in [4.78, 5) is 2.55. The average Bonchev–Trinajstić information content (AvgIpc) is 2.82. The maximum atomic E-state index is 11.3. The molecule has 0 unspecified atom stereocenters. The predicted molar refractivity (Wildman–Crippen MR) is 127 cm³/mol. The number of aliphatic hydroxyl groups is 1. The van der Waals surface area contributed by atoms with Crippen LogP contribution in [0.2, 0.25) is 0 Å². The number of nitrogens with zero attached hydrogens (tertiary/aromatic N) is 2. The number of para-hydroxylation sites is 1. The molecule has 2 N–H and O–H groups in total. The maximum absolute atomic E-state index is 11.3. The molecule has 2 heterocycles. The number of hydrogen-bond acceptors (Lipinski definition) is 5. The highest BCUT2D eigenvalue weighted by molar-refractivity contribution is 5.86. The van der Waals surface area contributed by atoms with Crippen molar-refractivity contribution in [3.05, 3.63) is 71.3 Å². The summed E-state index contributed by atoms with van der Waals surface area (Å²) < 4.78 is 6.10. The van der Waals surface area contributed by atoms with Crippen molar-refractivity contribution in [2.24, 2.45) is 11.0 Å². The quantitative estimate of drug-likeness (QED) is 0.499. The van der Waals surface area contributed by atoms with Gasteiger partial charge in [-0.3, -0.25) is 0 Å². The van der Waals surface area contributed by atoms with E-state index >= 15 is 0 Å². The van der Waals surface area contributed by atoms with Crippen LogP contribution in [-0.4, -0.2) is 49.0 Å². The van der Waals surface area contributed by atoms with E-state index in [4.69, 9.17) is 4.74 Å². The number of fused-ring (bicyclic) bond motifs is 1. The van der Waals surface area contributed by atoms with Gasteiger partial charge < -0.3 is 20.2 Å². The number of hydrazone groups is 1. The van der Waals surface area contributed by atoms with Crippen molar-refractivity contribution in [3.63, 3.8) is 0 Å². The third-order valence-corrected chi connectivity index (χ3v) is 6.49. The summed E-state index contributed by atoms with van der Waals surface area (Å²) in [5.41, 5.74) is 6.90. The molecule has 5 nitrogen and oxygen atoms in total. The number of piperidine rings is 1. The smallest absolute Gasteiger partial charge is 0.130 e. The van der Waals surface area contributed by atoms with Crippen LogP contribution < -0.4 is 10.2 Å². The Morgan fingerprint density at radius 3 is 2.52 bits per heavy atom. The molecule has 0 radical (unpaired) electrons. The van der Waals surface area contributed by atoms with Gasteiger partial charge in [0.15, 0.2) is 0 Å². The van der Waals surface area contributed by atoms with Gasteiger partial charge in [-0.1, -0.05) is 48.9 Å². The van der Waals surface area contributed by atoms with Crippen LogP contribution in [0.3, 0.4) is 0 Å². The van der Waals surface area contributed by atoms with Gasteiger partial charge in [0.05, 0.1) is 5.56 Å². The first-order valence-electron chi connectivity index (χ1n) is 11.3. The molecule has 2 atom stereocenters. The zero-order valence-electron chi connectivity index (χ0n) is 18.6. The Hall–Kier alpha value is -2.79. The molecule has 2 aromatic carbocycles. The van der Waals surface area contributed by atoms with E-state index in [0.29, 0.717) is 12.4 Å². The van der Waals surface area contributed by atoms with E-state index in [-0.39, 0.29) is 11.8 Å². The van der Waals surface area contributed by atoms with E-state index in [1.54, 1.807) is 0 Å². The molecule has 2 aliphatic heterocycles. The number of benzene rings is 2. The summed E-state index contributed by atoms with van der Waals surface area (Å²) >= 11 is 0. The van der Waals surface area contributed by atoms with Crippen LogP contribution in [0.1, 0.15) is 43.2 Å². The zero-order valence-corrected chi connectivity index (χ0v) is 18.6. The third-order valence-electron chi connectivity index (χ3n) is 6.49. The van der Waals surface area contributed by atoms with Crippen molar-refractivity contribution in [2.75, 3.05) is 33.3 Å². The second-order valence-corrected chi connectivity index (χ2v) is 8.49. The highest BCUT2D eigenvalue weighted by Gasteiger charge is 2.35. The average molecular weight is 420 g/mol. The van der Waals surface area contributed by atoms with Crippen molar-refractivity contribution in [3.8, 4) is 5.75 Å². The second kappa shape index (κ2) is 10.0. The highest BCUT2D eigenvalue weighted by atomic mass is 16.5. The summed E-state index contributed by atoms with van der Waals surface area (Å²) in [5, 5.41) is 15.9. The van der Waals surface area contributed by atoms with E-state index in [1.807, 2.05) is 37.4 Å². The molecule has 2 aromatic rings. The number of ether oxygens (including phenoxy) is 1. The first-order chi connectivity index (χ1) is 15.2. The summed E-state index contributed by atoms with van der Waals surface area (Å²) in [5.74, 6) is 1.19.